The Morgan fingerprint density at radius 2 is 1.70 bits per heavy atom. The van der Waals surface area contributed by atoms with Crippen molar-refractivity contribution in [1.82, 2.24) is 4.90 Å². The van der Waals surface area contributed by atoms with Crippen molar-refractivity contribution in [2.24, 2.45) is 11.3 Å². The van der Waals surface area contributed by atoms with Gasteiger partial charge in [-0.2, -0.15) is 0 Å². The minimum Gasteiger partial charge on any atom is -0.496 e. The molecule has 7 nitrogen and oxygen atoms in total. The highest BCUT2D eigenvalue weighted by Crippen LogP contribution is 2.58. The summed E-state index contributed by atoms with van der Waals surface area (Å²) in [6, 6.07) is 13.9. The Morgan fingerprint density at radius 1 is 1.02 bits per heavy atom. The van der Waals surface area contributed by atoms with Crippen molar-refractivity contribution in [2.45, 2.75) is 122 Å². The largest absolute Gasteiger partial charge is 0.496 e. The van der Waals surface area contributed by atoms with Crippen LogP contribution in [0.25, 0.3) is 0 Å². The summed E-state index contributed by atoms with van der Waals surface area (Å²) in [4.78, 5) is 30.0. The summed E-state index contributed by atoms with van der Waals surface area (Å²) >= 11 is 0. The molecule has 0 radical (unpaired) electrons. The van der Waals surface area contributed by atoms with Crippen molar-refractivity contribution in [3.05, 3.63) is 64.7 Å². The topological polar surface area (TPSA) is 85.3 Å². The standard InChI is InChI=1S/C37H51NO6/c1-9-37(34(40)41)32(36(5,6)7)31(44-22-24-21-25(35(2,3)4)18-19-28(24)42-8)30(38(37)33(39)29-15-12-20-43-29)27-14-11-10-13-26(27)23-16-17-23/h10-11,13-14,18-19,21,23,29-32H,9,12,15-17,20,22H2,1-8H3,(H,40,41)/t29?,30-,31+,32+,37-/m0/s1. The average molecular weight is 606 g/mol. The molecule has 3 aliphatic rings. The first-order valence-electron chi connectivity index (χ1n) is 16.3. The number of rotatable bonds is 9. The SMILES string of the molecule is CC[C@@]1(C(=O)O)[C@@H](C(C)(C)C)[C@H](OCc2cc(C(C)(C)C)ccc2OC)[C@H](c2ccccc2C2CC2)N1C(=O)C1CCCO1. The molecule has 240 valence electrons. The van der Waals surface area contributed by atoms with Crippen molar-refractivity contribution < 1.29 is 28.9 Å². The number of aliphatic carboxylic acids is 1. The second-order valence-electron chi connectivity index (χ2n) is 15.0. The molecule has 1 N–H and O–H groups in total. The molecule has 1 amide bonds. The summed E-state index contributed by atoms with van der Waals surface area (Å²) in [5.74, 6) is -0.597. The van der Waals surface area contributed by atoms with Gasteiger partial charge in [-0.3, -0.25) is 4.79 Å². The maximum absolute atomic E-state index is 14.6. The van der Waals surface area contributed by atoms with Gasteiger partial charge in [-0.15, -0.1) is 0 Å². The highest BCUT2D eigenvalue weighted by molar-refractivity contribution is 5.91. The Labute approximate surface area is 263 Å². The maximum atomic E-state index is 14.6. The highest BCUT2D eigenvalue weighted by atomic mass is 16.5. The third-order valence-corrected chi connectivity index (χ3v) is 10.1. The van der Waals surface area contributed by atoms with Gasteiger partial charge >= 0.3 is 5.97 Å². The van der Waals surface area contributed by atoms with Crippen LogP contribution in [0, 0.1) is 11.3 Å². The third-order valence-electron chi connectivity index (χ3n) is 10.1. The van der Waals surface area contributed by atoms with E-state index in [1.165, 1.54) is 5.56 Å². The number of hydrogen-bond acceptors (Lipinski definition) is 5. The van der Waals surface area contributed by atoms with Crippen molar-refractivity contribution in [2.75, 3.05) is 13.7 Å². The van der Waals surface area contributed by atoms with Crippen LogP contribution in [0.4, 0.5) is 0 Å². The van der Waals surface area contributed by atoms with Gasteiger partial charge in [0.25, 0.3) is 5.91 Å². The molecule has 1 saturated carbocycles. The molecule has 1 unspecified atom stereocenters. The molecule has 3 fully saturated rings. The van der Waals surface area contributed by atoms with Gasteiger partial charge in [0.05, 0.1) is 25.9 Å². The van der Waals surface area contributed by atoms with E-state index in [0.717, 1.165) is 41.7 Å². The molecule has 7 heteroatoms. The van der Waals surface area contributed by atoms with E-state index in [1.807, 2.05) is 25.1 Å². The summed E-state index contributed by atoms with van der Waals surface area (Å²) < 4.78 is 18.7. The van der Waals surface area contributed by atoms with Crippen LogP contribution in [0.15, 0.2) is 42.5 Å². The average Bonchev–Trinajstić information content (AvgIpc) is 3.56. The summed E-state index contributed by atoms with van der Waals surface area (Å²) in [5.41, 5.74) is 2.19. The molecule has 2 aromatic carbocycles. The zero-order valence-electron chi connectivity index (χ0n) is 27.8. The molecule has 2 aromatic rings. The van der Waals surface area contributed by atoms with Crippen LogP contribution < -0.4 is 4.74 Å². The highest BCUT2D eigenvalue weighted by Gasteiger charge is 2.68. The number of carboxylic acid groups (broad SMARTS) is 1. The van der Waals surface area contributed by atoms with Crippen LogP contribution in [0.3, 0.4) is 0 Å². The Kier molecular flexibility index (Phi) is 8.96. The lowest BCUT2D eigenvalue weighted by atomic mass is 9.66. The van der Waals surface area contributed by atoms with Gasteiger partial charge in [0.15, 0.2) is 0 Å². The minimum atomic E-state index is -1.48. The van der Waals surface area contributed by atoms with Crippen LogP contribution in [0.5, 0.6) is 5.75 Å². The number of carbonyl (C=O) groups excluding carboxylic acids is 1. The number of hydrogen-bond donors (Lipinski definition) is 1. The molecule has 0 aromatic heterocycles. The summed E-state index contributed by atoms with van der Waals surface area (Å²) in [7, 11) is 1.66. The number of carboxylic acids is 1. The van der Waals surface area contributed by atoms with E-state index in [4.69, 9.17) is 14.2 Å². The van der Waals surface area contributed by atoms with Crippen LogP contribution >= 0.6 is 0 Å². The van der Waals surface area contributed by atoms with Gasteiger partial charge in [0.2, 0.25) is 0 Å². The first-order valence-corrected chi connectivity index (χ1v) is 16.3. The molecule has 5 rings (SSSR count). The number of ether oxygens (including phenoxy) is 3. The van der Waals surface area contributed by atoms with E-state index in [2.05, 4.69) is 65.8 Å². The van der Waals surface area contributed by atoms with E-state index in [9.17, 15) is 14.7 Å². The van der Waals surface area contributed by atoms with Gasteiger partial charge in [-0.1, -0.05) is 78.8 Å². The van der Waals surface area contributed by atoms with Crippen LogP contribution in [-0.2, 0) is 31.1 Å². The lowest BCUT2D eigenvalue weighted by Gasteiger charge is -2.44. The molecule has 2 saturated heterocycles. The lowest BCUT2D eigenvalue weighted by Crippen LogP contribution is -2.61. The fraction of sp³-hybridized carbons (Fsp3) is 0.622. The van der Waals surface area contributed by atoms with Gasteiger partial charge in [-0.05, 0) is 77.7 Å². The maximum Gasteiger partial charge on any atom is 0.330 e. The second-order valence-corrected chi connectivity index (χ2v) is 15.0. The van der Waals surface area contributed by atoms with E-state index < -0.39 is 41.1 Å². The lowest BCUT2D eigenvalue weighted by molar-refractivity contribution is -0.167. The number of methoxy groups -OCH3 is 1. The summed E-state index contributed by atoms with van der Waals surface area (Å²) in [5, 5.41) is 11.2. The molecule has 0 spiro atoms. The van der Waals surface area contributed by atoms with E-state index >= 15 is 0 Å². The van der Waals surface area contributed by atoms with Crippen LogP contribution in [0.2, 0.25) is 0 Å². The Morgan fingerprint density at radius 3 is 2.23 bits per heavy atom. The molecule has 5 atom stereocenters. The van der Waals surface area contributed by atoms with Crippen LogP contribution in [0.1, 0.15) is 115 Å². The molecule has 1 aliphatic carbocycles. The number of benzene rings is 2. The molecule has 2 aliphatic heterocycles. The summed E-state index contributed by atoms with van der Waals surface area (Å²) in [6.45, 7) is 15.4. The van der Waals surface area contributed by atoms with Gasteiger partial charge < -0.3 is 24.2 Å². The fourth-order valence-electron chi connectivity index (χ4n) is 7.84. The molecule has 2 heterocycles. The number of amides is 1. The predicted octanol–water partition coefficient (Wildman–Crippen LogP) is 7.41. The monoisotopic (exact) mass is 605 g/mol. The first kappa shape index (κ1) is 32.5. The van der Waals surface area contributed by atoms with Gasteiger partial charge in [-0.25, -0.2) is 4.79 Å². The fourth-order valence-corrected chi connectivity index (χ4v) is 7.84. The first-order chi connectivity index (χ1) is 20.8. The molecule has 0 bridgehead atoms. The quantitative estimate of drug-likeness (QED) is 0.320. The summed E-state index contributed by atoms with van der Waals surface area (Å²) in [6.07, 6.45) is 2.57. The van der Waals surface area contributed by atoms with Crippen molar-refractivity contribution >= 4 is 11.9 Å². The number of nitrogens with zero attached hydrogens (tertiary/aromatic N) is 1. The number of likely N-dealkylation sites (tertiary alicyclic amines) is 1. The van der Waals surface area contributed by atoms with Gasteiger partial charge in [0, 0.05) is 18.1 Å². The molecular formula is C37H51NO6. The van der Waals surface area contributed by atoms with Crippen LogP contribution in [-0.4, -0.2) is 53.3 Å². The van der Waals surface area contributed by atoms with E-state index in [1.54, 1.807) is 12.0 Å². The predicted molar refractivity (Wildman–Crippen MR) is 171 cm³/mol. The number of carbonyl (C=O) groups is 2. The van der Waals surface area contributed by atoms with E-state index in [-0.39, 0.29) is 24.3 Å². The van der Waals surface area contributed by atoms with Crippen molar-refractivity contribution in [3.63, 3.8) is 0 Å². The zero-order valence-corrected chi connectivity index (χ0v) is 27.8. The normalized spacial score (nSPS) is 27.5. The second kappa shape index (κ2) is 12.1. The molecular weight excluding hydrogens is 554 g/mol. The van der Waals surface area contributed by atoms with Gasteiger partial charge in [0.1, 0.15) is 17.4 Å². The Hall–Kier alpha value is -2.90. The van der Waals surface area contributed by atoms with Crippen molar-refractivity contribution in [1.29, 1.82) is 0 Å². The Balaban J connectivity index is 1.70. The van der Waals surface area contributed by atoms with E-state index in [0.29, 0.717) is 18.9 Å². The molecule has 44 heavy (non-hydrogen) atoms. The minimum absolute atomic E-state index is 0.0702. The smallest absolute Gasteiger partial charge is 0.330 e. The Bertz CT molecular complexity index is 1360. The van der Waals surface area contributed by atoms with Crippen molar-refractivity contribution in [3.8, 4) is 5.75 Å². The zero-order chi connectivity index (χ0) is 32.0. The third kappa shape index (κ3) is 5.78.